The van der Waals surface area contributed by atoms with Crippen LogP contribution in [0.5, 0.6) is 5.19 Å². The van der Waals surface area contributed by atoms with Crippen LogP contribution in [0.3, 0.4) is 0 Å². The highest BCUT2D eigenvalue weighted by Gasteiger charge is 2.25. The lowest BCUT2D eigenvalue weighted by molar-refractivity contribution is 0.115. The van der Waals surface area contributed by atoms with Crippen LogP contribution in [0.4, 0.5) is 10.5 Å². The van der Waals surface area contributed by atoms with Gasteiger partial charge in [0.1, 0.15) is 6.10 Å². The number of nitrogens with one attached hydrogen (secondary N) is 1. The Bertz CT molecular complexity index is 950. The van der Waals surface area contributed by atoms with E-state index in [4.69, 9.17) is 16.3 Å². The molecule has 0 saturated carbocycles. The molecule has 140 valence electrons. The molecular formula is C20H20ClN3O2S. The number of thiazole rings is 1. The van der Waals surface area contributed by atoms with Gasteiger partial charge in [-0.25, -0.2) is 9.78 Å². The molecule has 0 radical (unpaired) electrons. The van der Waals surface area contributed by atoms with Crippen LogP contribution in [-0.4, -0.2) is 35.1 Å². The number of hydrogen-bond donors (Lipinski definition) is 1. The van der Waals surface area contributed by atoms with Gasteiger partial charge in [0.2, 0.25) is 0 Å². The van der Waals surface area contributed by atoms with Gasteiger partial charge in [0.05, 0.1) is 10.2 Å². The smallest absolute Gasteiger partial charge is 0.321 e. The molecule has 2 heterocycles. The van der Waals surface area contributed by atoms with E-state index in [-0.39, 0.29) is 12.1 Å². The Morgan fingerprint density at radius 3 is 2.67 bits per heavy atom. The van der Waals surface area contributed by atoms with Gasteiger partial charge in [0.25, 0.3) is 5.19 Å². The molecule has 0 aliphatic carbocycles. The van der Waals surface area contributed by atoms with E-state index in [2.05, 4.69) is 29.4 Å². The zero-order valence-electron chi connectivity index (χ0n) is 14.9. The quantitative estimate of drug-likeness (QED) is 0.645. The van der Waals surface area contributed by atoms with Gasteiger partial charge in [-0.05, 0) is 42.8 Å². The molecule has 0 bridgehead atoms. The minimum Gasteiger partial charge on any atom is -0.467 e. The number of piperidine rings is 1. The van der Waals surface area contributed by atoms with E-state index in [1.54, 1.807) is 35.6 Å². The van der Waals surface area contributed by atoms with Gasteiger partial charge < -0.3 is 15.0 Å². The predicted molar refractivity (Wildman–Crippen MR) is 110 cm³/mol. The van der Waals surface area contributed by atoms with Gasteiger partial charge in [-0.15, -0.1) is 0 Å². The topological polar surface area (TPSA) is 54.5 Å². The number of aryl methyl sites for hydroxylation is 1. The third-order valence-electron chi connectivity index (χ3n) is 4.69. The number of nitrogens with zero attached hydrogens (tertiary/aromatic N) is 2. The number of rotatable bonds is 3. The third kappa shape index (κ3) is 4.17. The maximum absolute atomic E-state index is 12.4. The molecule has 27 heavy (non-hydrogen) atoms. The van der Waals surface area contributed by atoms with Crippen LogP contribution in [0.15, 0.2) is 42.5 Å². The lowest BCUT2D eigenvalue weighted by Gasteiger charge is -2.31. The summed E-state index contributed by atoms with van der Waals surface area (Å²) in [5.74, 6) is 0. The van der Waals surface area contributed by atoms with Gasteiger partial charge in [-0.1, -0.05) is 35.1 Å². The first-order valence-electron chi connectivity index (χ1n) is 8.93. The summed E-state index contributed by atoms with van der Waals surface area (Å²) in [5, 5.41) is 4.27. The fourth-order valence-electron chi connectivity index (χ4n) is 3.17. The zero-order chi connectivity index (χ0) is 18.8. The normalized spacial score (nSPS) is 15.1. The van der Waals surface area contributed by atoms with Crippen LogP contribution < -0.4 is 10.1 Å². The SMILES string of the molecule is Cc1cccc2sc(OC3CCN(C(=O)Nc4ccc(Cl)cc4)CC3)nc12. The number of halogens is 1. The number of para-hydroxylation sites is 1. The average Bonchev–Trinajstić information content (AvgIpc) is 3.08. The molecule has 1 fully saturated rings. The maximum atomic E-state index is 12.4. The predicted octanol–water partition coefficient (Wildman–Crippen LogP) is 5.33. The number of carbonyl (C=O) groups excluding carboxylic acids is 1. The number of likely N-dealkylation sites (tertiary alicyclic amines) is 1. The van der Waals surface area contributed by atoms with Crippen molar-refractivity contribution in [2.24, 2.45) is 0 Å². The van der Waals surface area contributed by atoms with Crippen molar-refractivity contribution < 1.29 is 9.53 Å². The molecule has 7 heteroatoms. The van der Waals surface area contributed by atoms with E-state index in [9.17, 15) is 4.79 Å². The van der Waals surface area contributed by atoms with Gasteiger partial charge in [0.15, 0.2) is 0 Å². The van der Waals surface area contributed by atoms with Crippen molar-refractivity contribution in [3.05, 3.63) is 53.1 Å². The molecule has 1 aromatic heterocycles. The van der Waals surface area contributed by atoms with Crippen LogP contribution in [-0.2, 0) is 0 Å². The minimum absolute atomic E-state index is 0.0884. The van der Waals surface area contributed by atoms with Crippen molar-refractivity contribution >= 4 is 44.9 Å². The molecule has 1 aliphatic heterocycles. The maximum Gasteiger partial charge on any atom is 0.321 e. The van der Waals surface area contributed by atoms with Crippen molar-refractivity contribution in [1.29, 1.82) is 0 Å². The Balaban J connectivity index is 1.32. The lowest BCUT2D eigenvalue weighted by atomic mass is 10.1. The Morgan fingerprint density at radius 2 is 1.96 bits per heavy atom. The minimum atomic E-state index is -0.0913. The van der Waals surface area contributed by atoms with E-state index >= 15 is 0 Å². The summed E-state index contributed by atoms with van der Waals surface area (Å²) in [6.07, 6.45) is 1.68. The van der Waals surface area contributed by atoms with Gasteiger partial charge in [-0.2, -0.15) is 0 Å². The van der Waals surface area contributed by atoms with E-state index in [1.807, 2.05) is 11.0 Å². The largest absolute Gasteiger partial charge is 0.467 e. The highest BCUT2D eigenvalue weighted by atomic mass is 35.5. The highest BCUT2D eigenvalue weighted by molar-refractivity contribution is 7.20. The van der Waals surface area contributed by atoms with Crippen LogP contribution in [0, 0.1) is 6.92 Å². The first-order chi connectivity index (χ1) is 13.1. The molecule has 5 nitrogen and oxygen atoms in total. The molecule has 0 unspecified atom stereocenters. The van der Waals surface area contributed by atoms with E-state index in [1.165, 1.54) is 0 Å². The van der Waals surface area contributed by atoms with Crippen LogP contribution in [0.25, 0.3) is 10.2 Å². The van der Waals surface area contributed by atoms with E-state index < -0.39 is 0 Å². The summed E-state index contributed by atoms with van der Waals surface area (Å²) in [6, 6.07) is 13.2. The van der Waals surface area contributed by atoms with Gasteiger partial charge in [-0.3, -0.25) is 0 Å². The number of aromatic nitrogens is 1. The molecule has 1 saturated heterocycles. The Kier molecular flexibility index (Phi) is 5.18. The Labute approximate surface area is 166 Å². The molecule has 0 atom stereocenters. The Hall–Kier alpha value is -2.31. The number of fused-ring (bicyclic) bond motifs is 1. The number of ether oxygens (including phenoxy) is 1. The second kappa shape index (κ2) is 7.74. The Morgan fingerprint density at radius 1 is 1.22 bits per heavy atom. The summed E-state index contributed by atoms with van der Waals surface area (Å²) in [7, 11) is 0. The molecule has 1 N–H and O–H groups in total. The van der Waals surface area contributed by atoms with E-state index in [0.29, 0.717) is 23.3 Å². The number of benzene rings is 2. The van der Waals surface area contributed by atoms with Gasteiger partial charge >= 0.3 is 6.03 Å². The fourth-order valence-corrected chi connectivity index (χ4v) is 4.26. The number of urea groups is 1. The molecular weight excluding hydrogens is 382 g/mol. The highest BCUT2D eigenvalue weighted by Crippen LogP contribution is 2.31. The molecule has 0 spiro atoms. The second-order valence-corrected chi connectivity index (χ2v) is 8.07. The van der Waals surface area contributed by atoms with Crippen molar-refractivity contribution in [3.63, 3.8) is 0 Å². The van der Waals surface area contributed by atoms with Crippen LogP contribution in [0.2, 0.25) is 5.02 Å². The number of amides is 2. The molecule has 1 aliphatic rings. The average molecular weight is 402 g/mol. The van der Waals surface area contributed by atoms with E-state index in [0.717, 1.165) is 34.3 Å². The lowest BCUT2D eigenvalue weighted by Crippen LogP contribution is -2.43. The summed E-state index contributed by atoms with van der Waals surface area (Å²) >= 11 is 7.45. The summed E-state index contributed by atoms with van der Waals surface area (Å²) in [6.45, 7) is 3.38. The number of anilines is 1. The first-order valence-corrected chi connectivity index (χ1v) is 10.1. The standard InChI is InChI=1S/C20H20ClN3O2S/c1-13-3-2-4-17-18(13)23-20(27-17)26-16-9-11-24(12-10-16)19(25)22-15-7-5-14(21)6-8-15/h2-8,16H,9-12H2,1H3,(H,22,25). The molecule has 4 rings (SSSR count). The molecule has 2 amide bonds. The van der Waals surface area contributed by atoms with Crippen molar-refractivity contribution in [1.82, 2.24) is 9.88 Å². The zero-order valence-corrected chi connectivity index (χ0v) is 16.5. The summed E-state index contributed by atoms with van der Waals surface area (Å²) in [5.41, 5.74) is 2.91. The summed E-state index contributed by atoms with van der Waals surface area (Å²) in [4.78, 5) is 18.8. The molecule has 3 aromatic rings. The van der Waals surface area contributed by atoms with Crippen molar-refractivity contribution in [2.75, 3.05) is 18.4 Å². The number of carbonyl (C=O) groups is 1. The van der Waals surface area contributed by atoms with Crippen molar-refractivity contribution in [3.8, 4) is 5.19 Å². The fraction of sp³-hybridized carbons (Fsp3) is 0.300. The first kappa shape index (κ1) is 18.1. The summed E-state index contributed by atoms with van der Waals surface area (Å²) < 4.78 is 7.23. The third-order valence-corrected chi connectivity index (χ3v) is 5.86. The van der Waals surface area contributed by atoms with Gasteiger partial charge in [0, 0.05) is 36.6 Å². The number of hydrogen-bond acceptors (Lipinski definition) is 4. The van der Waals surface area contributed by atoms with Crippen molar-refractivity contribution in [2.45, 2.75) is 25.9 Å². The molecule has 2 aromatic carbocycles. The monoisotopic (exact) mass is 401 g/mol. The second-order valence-electron chi connectivity index (χ2n) is 6.64. The van der Waals surface area contributed by atoms with Crippen LogP contribution >= 0.6 is 22.9 Å². The van der Waals surface area contributed by atoms with Crippen LogP contribution in [0.1, 0.15) is 18.4 Å².